The van der Waals surface area contributed by atoms with Crippen molar-refractivity contribution < 1.29 is 26.3 Å². The molecule has 0 bridgehead atoms. The van der Waals surface area contributed by atoms with Crippen LogP contribution in [-0.4, -0.2) is 30.3 Å². The zero-order valence-electron chi connectivity index (χ0n) is 16.2. The molecule has 162 valence electrons. The van der Waals surface area contributed by atoms with E-state index < -0.39 is 34.0 Å². The number of benzene rings is 2. The van der Waals surface area contributed by atoms with Crippen LogP contribution in [0.1, 0.15) is 30.6 Å². The molecule has 1 N–H and O–H groups in total. The molecular formula is C20H17F3N4O3S. The lowest BCUT2D eigenvalue weighted by Crippen LogP contribution is -2.27. The van der Waals surface area contributed by atoms with Gasteiger partial charge in [-0.2, -0.15) is 18.4 Å². The maximum atomic E-state index is 13.8. The molecule has 0 radical (unpaired) electrons. The number of rotatable bonds is 7. The SMILES string of the molecule is CCCS(=O)(=O)Nc1nc2ccccc2nc1O[C@H](c1cccc(C#N)c1)C(F)(F)F. The summed E-state index contributed by atoms with van der Waals surface area (Å²) in [5.41, 5.74) is 0.189. The Labute approximate surface area is 176 Å². The Hall–Kier alpha value is -3.39. The number of para-hydroxylation sites is 2. The van der Waals surface area contributed by atoms with Crippen molar-refractivity contribution in [3.8, 4) is 11.9 Å². The smallest absolute Gasteiger partial charge is 0.429 e. The lowest BCUT2D eigenvalue weighted by atomic mass is 10.1. The van der Waals surface area contributed by atoms with E-state index in [4.69, 9.17) is 10.00 Å². The molecule has 31 heavy (non-hydrogen) atoms. The van der Waals surface area contributed by atoms with E-state index in [0.717, 1.165) is 12.1 Å². The molecule has 3 rings (SSSR count). The highest BCUT2D eigenvalue weighted by Crippen LogP contribution is 2.38. The van der Waals surface area contributed by atoms with Crippen LogP contribution < -0.4 is 9.46 Å². The summed E-state index contributed by atoms with van der Waals surface area (Å²) >= 11 is 0. The van der Waals surface area contributed by atoms with Crippen LogP contribution in [0.3, 0.4) is 0 Å². The van der Waals surface area contributed by atoms with Gasteiger partial charge in [0.25, 0.3) is 5.88 Å². The van der Waals surface area contributed by atoms with Crippen LogP contribution in [0.4, 0.5) is 19.0 Å². The van der Waals surface area contributed by atoms with Gasteiger partial charge >= 0.3 is 6.18 Å². The second-order valence-electron chi connectivity index (χ2n) is 6.56. The second-order valence-corrected chi connectivity index (χ2v) is 8.41. The van der Waals surface area contributed by atoms with Crippen molar-refractivity contribution >= 4 is 26.9 Å². The van der Waals surface area contributed by atoms with Crippen LogP contribution in [0.2, 0.25) is 0 Å². The van der Waals surface area contributed by atoms with Gasteiger partial charge < -0.3 is 4.74 Å². The molecule has 2 aromatic carbocycles. The Morgan fingerprint density at radius 2 is 1.81 bits per heavy atom. The van der Waals surface area contributed by atoms with Gasteiger partial charge in [-0.15, -0.1) is 0 Å². The topological polar surface area (TPSA) is 105 Å². The predicted octanol–water partition coefficient (Wildman–Crippen LogP) is 4.34. The van der Waals surface area contributed by atoms with Gasteiger partial charge in [0.05, 0.1) is 28.4 Å². The van der Waals surface area contributed by atoms with E-state index in [0.29, 0.717) is 6.42 Å². The number of anilines is 1. The minimum atomic E-state index is -4.87. The third-order valence-electron chi connectivity index (χ3n) is 4.11. The maximum Gasteiger partial charge on any atom is 0.429 e. The number of ether oxygens (including phenoxy) is 1. The summed E-state index contributed by atoms with van der Waals surface area (Å²) < 4.78 is 73.3. The maximum absolute atomic E-state index is 13.8. The van der Waals surface area contributed by atoms with Crippen molar-refractivity contribution in [1.29, 1.82) is 5.26 Å². The van der Waals surface area contributed by atoms with Crippen molar-refractivity contribution in [1.82, 2.24) is 9.97 Å². The first kappa shape index (κ1) is 22.3. The van der Waals surface area contributed by atoms with Crippen LogP contribution in [0.25, 0.3) is 11.0 Å². The van der Waals surface area contributed by atoms with Gasteiger partial charge in [0, 0.05) is 5.56 Å². The lowest BCUT2D eigenvalue weighted by Gasteiger charge is -2.23. The van der Waals surface area contributed by atoms with Gasteiger partial charge in [-0.3, -0.25) is 4.72 Å². The molecule has 0 fully saturated rings. The van der Waals surface area contributed by atoms with Crippen molar-refractivity contribution in [2.24, 2.45) is 0 Å². The number of alkyl halides is 3. The summed E-state index contributed by atoms with van der Waals surface area (Å²) in [7, 11) is -3.88. The van der Waals surface area contributed by atoms with Gasteiger partial charge in [0.2, 0.25) is 21.9 Å². The van der Waals surface area contributed by atoms with Crippen molar-refractivity contribution in [2.75, 3.05) is 10.5 Å². The minimum Gasteiger partial charge on any atom is -0.457 e. The Bertz CT molecular complexity index is 1240. The van der Waals surface area contributed by atoms with Gasteiger partial charge in [0.15, 0.2) is 0 Å². The molecular weight excluding hydrogens is 433 g/mol. The number of nitriles is 1. The normalized spacial score (nSPS) is 12.9. The third-order valence-corrected chi connectivity index (χ3v) is 5.56. The standard InChI is InChI=1S/C20H17F3N4O3S/c1-2-10-31(28,29)27-18-19(26-16-9-4-3-8-15(16)25-18)30-17(20(21,22)23)14-7-5-6-13(11-14)12-24/h3-9,11,17H,2,10H2,1H3,(H,25,27)/t17-/m1/s1. The van der Waals surface area contributed by atoms with E-state index >= 15 is 0 Å². The number of nitrogens with zero attached hydrogens (tertiary/aromatic N) is 3. The highest BCUT2D eigenvalue weighted by Gasteiger charge is 2.44. The van der Waals surface area contributed by atoms with Crippen LogP contribution >= 0.6 is 0 Å². The molecule has 3 aromatic rings. The highest BCUT2D eigenvalue weighted by atomic mass is 32.2. The Kier molecular flexibility index (Phi) is 6.31. The third kappa shape index (κ3) is 5.40. The lowest BCUT2D eigenvalue weighted by molar-refractivity contribution is -0.198. The number of hydrogen-bond acceptors (Lipinski definition) is 6. The Morgan fingerprint density at radius 3 is 2.42 bits per heavy atom. The summed E-state index contributed by atoms with van der Waals surface area (Å²) in [5, 5.41) is 9.01. The minimum absolute atomic E-state index is 0.0174. The molecule has 1 aromatic heterocycles. The van der Waals surface area contributed by atoms with Gasteiger partial charge in [-0.1, -0.05) is 31.2 Å². The van der Waals surface area contributed by atoms with Gasteiger partial charge in [0.1, 0.15) is 0 Å². The van der Waals surface area contributed by atoms with E-state index in [1.807, 2.05) is 0 Å². The molecule has 0 aliphatic heterocycles. The number of hydrogen-bond donors (Lipinski definition) is 1. The first-order valence-electron chi connectivity index (χ1n) is 9.13. The molecule has 1 heterocycles. The zero-order chi connectivity index (χ0) is 22.6. The fraction of sp³-hybridized carbons (Fsp3) is 0.250. The van der Waals surface area contributed by atoms with Crippen LogP contribution in [0, 0.1) is 11.3 Å². The van der Waals surface area contributed by atoms with E-state index in [2.05, 4.69) is 14.7 Å². The number of sulfonamides is 1. The Balaban J connectivity index is 2.11. The second kappa shape index (κ2) is 8.77. The molecule has 0 unspecified atom stereocenters. The molecule has 0 saturated carbocycles. The van der Waals surface area contributed by atoms with Gasteiger partial charge in [-0.05, 0) is 30.7 Å². The molecule has 0 aliphatic carbocycles. The van der Waals surface area contributed by atoms with E-state index in [9.17, 15) is 21.6 Å². The first-order chi connectivity index (χ1) is 14.6. The van der Waals surface area contributed by atoms with Crippen LogP contribution in [0.15, 0.2) is 48.5 Å². The first-order valence-corrected chi connectivity index (χ1v) is 10.8. The fourth-order valence-corrected chi connectivity index (χ4v) is 3.87. The van der Waals surface area contributed by atoms with Gasteiger partial charge in [-0.25, -0.2) is 18.4 Å². The van der Waals surface area contributed by atoms with Crippen molar-refractivity contribution in [2.45, 2.75) is 25.6 Å². The Morgan fingerprint density at radius 1 is 1.13 bits per heavy atom. The number of aromatic nitrogens is 2. The number of fused-ring (bicyclic) bond motifs is 1. The molecule has 0 spiro atoms. The van der Waals surface area contributed by atoms with Crippen molar-refractivity contribution in [3.05, 3.63) is 59.7 Å². The average molecular weight is 450 g/mol. The molecule has 0 amide bonds. The summed E-state index contributed by atoms with van der Waals surface area (Å²) in [6, 6.07) is 12.9. The molecule has 11 heteroatoms. The fourth-order valence-electron chi connectivity index (χ4n) is 2.81. The van der Waals surface area contributed by atoms with E-state index in [1.54, 1.807) is 31.2 Å². The van der Waals surface area contributed by atoms with Crippen LogP contribution in [-0.2, 0) is 10.0 Å². The van der Waals surface area contributed by atoms with Crippen LogP contribution in [0.5, 0.6) is 5.88 Å². The number of halogens is 3. The summed E-state index contributed by atoms with van der Waals surface area (Å²) in [5.74, 6) is -1.32. The summed E-state index contributed by atoms with van der Waals surface area (Å²) in [6.45, 7) is 1.64. The highest BCUT2D eigenvalue weighted by molar-refractivity contribution is 7.92. The average Bonchev–Trinajstić information content (AvgIpc) is 2.70. The molecule has 0 aliphatic rings. The molecule has 1 atom stereocenters. The molecule has 0 saturated heterocycles. The summed E-state index contributed by atoms with van der Waals surface area (Å²) in [4.78, 5) is 8.17. The van der Waals surface area contributed by atoms with Crippen molar-refractivity contribution in [3.63, 3.8) is 0 Å². The summed E-state index contributed by atoms with van der Waals surface area (Å²) in [6.07, 6.45) is -7.08. The monoisotopic (exact) mass is 450 g/mol. The number of nitrogens with one attached hydrogen (secondary N) is 1. The van der Waals surface area contributed by atoms with E-state index in [-0.39, 0.29) is 27.9 Å². The van der Waals surface area contributed by atoms with E-state index in [1.165, 1.54) is 18.2 Å². The largest absolute Gasteiger partial charge is 0.457 e. The predicted molar refractivity (Wildman–Crippen MR) is 108 cm³/mol. The zero-order valence-corrected chi connectivity index (χ0v) is 17.0. The quantitative estimate of drug-likeness (QED) is 0.574. The molecule has 7 nitrogen and oxygen atoms in total.